The van der Waals surface area contributed by atoms with Crippen LogP contribution in [-0.4, -0.2) is 54.3 Å². The number of amides is 1. The summed E-state index contributed by atoms with van der Waals surface area (Å²) in [6.07, 6.45) is 4.16. The van der Waals surface area contributed by atoms with E-state index in [1.54, 1.807) is 19.9 Å². The Morgan fingerprint density at radius 2 is 1.88 bits per heavy atom. The summed E-state index contributed by atoms with van der Waals surface area (Å²) in [4.78, 5) is 25.4. The van der Waals surface area contributed by atoms with Crippen molar-refractivity contribution in [3.05, 3.63) is 35.9 Å². The quantitative estimate of drug-likeness (QED) is 0.511. The minimum Gasteiger partial charge on any atom is -0.494 e. The van der Waals surface area contributed by atoms with E-state index in [0.717, 1.165) is 17.7 Å². The maximum atomic E-state index is 12.6. The first-order chi connectivity index (χ1) is 12.3. The average molecular weight is 363 g/mol. The van der Waals surface area contributed by atoms with Crippen LogP contribution in [-0.2, 0) is 14.3 Å². The first-order valence-electron chi connectivity index (χ1n) is 8.74. The summed E-state index contributed by atoms with van der Waals surface area (Å²) in [5.41, 5.74) is 0.0738. The molecule has 6 heteroatoms. The average Bonchev–Trinajstić information content (AvgIpc) is 2.65. The zero-order chi connectivity index (χ0) is 19.6. The number of aliphatic hydroxyl groups is 1. The molecule has 144 valence electrons. The van der Waals surface area contributed by atoms with Crippen molar-refractivity contribution >= 4 is 18.0 Å². The van der Waals surface area contributed by atoms with Crippen LogP contribution in [0.25, 0.3) is 6.08 Å². The van der Waals surface area contributed by atoms with Crippen molar-refractivity contribution in [3.63, 3.8) is 0 Å². The van der Waals surface area contributed by atoms with Crippen molar-refractivity contribution in [1.82, 2.24) is 4.90 Å². The smallest absolute Gasteiger partial charge is 0.307 e. The summed E-state index contributed by atoms with van der Waals surface area (Å²) in [6, 6.07) is 7.44. The van der Waals surface area contributed by atoms with Gasteiger partial charge in [-0.15, -0.1) is 0 Å². The van der Waals surface area contributed by atoms with E-state index in [1.165, 1.54) is 18.1 Å². The van der Waals surface area contributed by atoms with Gasteiger partial charge in [-0.25, -0.2) is 0 Å². The lowest BCUT2D eigenvalue weighted by molar-refractivity contribution is -0.142. The molecule has 0 atom stereocenters. The predicted octanol–water partition coefficient (Wildman–Crippen LogP) is 2.65. The molecule has 0 saturated heterocycles. The second kappa shape index (κ2) is 10.6. The molecule has 0 radical (unpaired) electrons. The normalized spacial score (nSPS) is 11.4. The Kier molecular flexibility index (Phi) is 8.85. The van der Waals surface area contributed by atoms with E-state index in [9.17, 15) is 14.7 Å². The van der Waals surface area contributed by atoms with Gasteiger partial charge in [0.15, 0.2) is 0 Å². The van der Waals surface area contributed by atoms with Gasteiger partial charge in [0, 0.05) is 12.6 Å². The Morgan fingerprint density at radius 1 is 1.23 bits per heavy atom. The SMILES string of the molecule is CCCOc1ccc(/C=C/C(=O)N(CCC(=O)OC)C(C)(C)CO)cc1. The zero-order valence-corrected chi connectivity index (χ0v) is 16.0. The maximum Gasteiger partial charge on any atom is 0.307 e. The van der Waals surface area contributed by atoms with Crippen LogP contribution in [0.2, 0.25) is 0 Å². The largest absolute Gasteiger partial charge is 0.494 e. The fraction of sp³-hybridized carbons (Fsp3) is 0.500. The molecule has 0 aliphatic heterocycles. The molecule has 0 fully saturated rings. The minimum absolute atomic E-state index is 0.0724. The Bertz CT molecular complexity index is 607. The topological polar surface area (TPSA) is 76.1 Å². The summed E-state index contributed by atoms with van der Waals surface area (Å²) >= 11 is 0. The van der Waals surface area contributed by atoms with Gasteiger partial charge in [0.1, 0.15) is 5.75 Å². The summed E-state index contributed by atoms with van der Waals surface area (Å²) < 4.78 is 10.2. The van der Waals surface area contributed by atoms with E-state index in [4.69, 9.17) is 4.74 Å². The molecule has 0 spiro atoms. The third kappa shape index (κ3) is 6.88. The summed E-state index contributed by atoms with van der Waals surface area (Å²) in [5, 5.41) is 9.57. The number of aliphatic hydroxyl groups excluding tert-OH is 1. The molecule has 0 heterocycles. The lowest BCUT2D eigenvalue weighted by Crippen LogP contribution is -2.50. The van der Waals surface area contributed by atoms with Gasteiger partial charge in [-0.1, -0.05) is 19.1 Å². The molecule has 0 aliphatic carbocycles. The summed E-state index contributed by atoms with van der Waals surface area (Å²) in [7, 11) is 1.31. The predicted molar refractivity (Wildman–Crippen MR) is 101 cm³/mol. The van der Waals surface area contributed by atoms with Gasteiger partial charge in [0.2, 0.25) is 5.91 Å². The maximum absolute atomic E-state index is 12.6. The van der Waals surface area contributed by atoms with Gasteiger partial charge in [-0.2, -0.15) is 0 Å². The van der Waals surface area contributed by atoms with Crippen LogP contribution in [0.1, 0.15) is 39.2 Å². The van der Waals surface area contributed by atoms with E-state index in [0.29, 0.717) is 6.61 Å². The number of hydrogen-bond acceptors (Lipinski definition) is 5. The molecular weight excluding hydrogens is 334 g/mol. The Balaban J connectivity index is 2.80. The molecule has 6 nitrogen and oxygen atoms in total. The van der Waals surface area contributed by atoms with E-state index in [-0.39, 0.29) is 25.5 Å². The Labute approximate surface area is 155 Å². The number of methoxy groups -OCH3 is 1. The van der Waals surface area contributed by atoms with Crippen LogP contribution in [0.4, 0.5) is 0 Å². The van der Waals surface area contributed by atoms with Crippen molar-refractivity contribution in [3.8, 4) is 5.75 Å². The number of hydrogen-bond donors (Lipinski definition) is 1. The van der Waals surface area contributed by atoms with Crippen LogP contribution >= 0.6 is 0 Å². The molecule has 1 amide bonds. The molecule has 0 aromatic heterocycles. The van der Waals surface area contributed by atoms with Gasteiger partial charge in [-0.05, 0) is 44.0 Å². The Morgan fingerprint density at radius 3 is 2.42 bits per heavy atom. The number of rotatable bonds is 10. The molecule has 1 N–H and O–H groups in total. The molecule has 1 aromatic rings. The molecule has 0 saturated carbocycles. The molecular formula is C20H29NO5. The van der Waals surface area contributed by atoms with E-state index in [2.05, 4.69) is 4.74 Å². The molecule has 26 heavy (non-hydrogen) atoms. The molecule has 1 aromatic carbocycles. The summed E-state index contributed by atoms with van der Waals surface area (Å²) in [5.74, 6) is 0.110. The number of carbonyl (C=O) groups is 2. The number of carbonyl (C=O) groups excluding carboxylic acids is 2. The highest BCUT2D eigenvalue weighted by Crippen LogP contribution is 2.17. The number of esters is 1. The minimum atomic E-state index is -0.784. The van der Waals surface area contributed by atoms with E-state index < -0.39 is 11.5 Å². The van der Waals surface area contributed by atoms with Gasteiger partial charge < -0.3 is 19.5 Å². The second-order valence-corrected chi connectivity index (χ2v) is 6.54. The Hall–Kier alpha value is -2.34. The van der Waals surface area contributed by atoms with Crippen molar-refractivity contribution in [2.75, 3.05) is 26.9 Å². The molecule has 0 aliphatic rings. The van der Waals surface area contributed by atoms with Gasteiger partial charge >= 0.3 is 5.97 Å². The first-order valence-corrected chi connectivity index (χ1v) is 8.74. The lowest BCUT2D eigenvalue weighted by atomic mass is 10.0. The van der Waals surface area contributed by atoms with Crippen LogP contribution in [0.15, 0.2) is 30.3 Å². The fourth-order valence-electron chi connectivity index (χ4n) is 2.25. The lowest BCUT2D eigenvalue weighted by Gasteiger charge is -2.36. The second-order valence-electron chi connectivity index (χ2n) is 6.54. The van der Waals surface area contributed by atoms with Gasteiger partial charge in [0.25, 0.3) is 0 Å². The van der Waals surface area contributed by atoms with E-state index in [1.807, 2.05) is 31.2 Å². The highest BCUT2D eigenvalue weighted by atomic mass is 16.5. The fourth-order valence-corrected chi connectivity index (χ4v) is 2.25. The first kappa shape index (κ1) is 21.7. The van der Waals surface area contributed by atoms with Crippen LogP contribution in [0, 0.1) is 0 Å². The number of nitrogens with zero attached hydrogens (tertiary/aromatic N) is 1. The van der Waals surface area contributed by atoms with E-state index >= 15 is 0 Å². The van der Waals surface area contributed by atoms with Crippen molar-refractivity contribution in [2.24, 2.45) is 0 Å². The van der Waals surface area contributed by atoms with Crippen molar-refractivity contribution in [1.29, 1.82) is 0 Å². The number of ether oxygens (including phenoxy) is 2. The van der Waals surface area contributed by atoms with Crippen LogP contribution in [0.3, 0.4) is 0 Å². The van der Waals surface area contributed by atoms with Crippen molar-refractivity contribution < 1.29 is 24.2 Å². The van der Waals surface area contributed by atoms with Crippen LogP contribution in [0.5, 0.6) is 5.75 Å². The monoisotopic (exact) mass is 363 g/mol. The van der Waals surface area contributed by atoms with Crippen molar-refractivity contribution in [2.45, 2.75) is 39.2 Å². The highest BCUT2D eigenvalue weighted by molar-refractivity contribution is 5.92. The third-order valence-corrected chi connectivity index (χ3v) is 3.92. The molecule has 0 unspecified atom stereocenters. The third-order valence-electron chi connectivity index (χ3n) is 3.92. The molecule has 0 bridgehead atoms. The standard InChI is InChI=1S/C20H29NO5/c1-5-14-26-17-9-6-16(7-10-17)8-11-18(23)21(20(2,3)15-22)13-12-19(24)25-4/h6-11,22H,5,12-15H2,1-4H3/b11-8+. The number of benzene rings is 1. The zero-order valence-electron chi connectivity index (χ0n) is 16.0. The molecule has 1 rings (SSSR count). The van der Waals surface area contributed by atoms with Gasteiger partial charge in [-0.3, -0.25) is 9.59 Å². The highest BCUT2D eigenvalue weighted by Gasteiger charge is 2.29. The summed E-state index contributed by atoms with van der Waals surface area (Å²) in [6.45, 7) is 6.16. The van der Waals surface area contributed by atoms with Gasteiger partial charge in [0.05, 0.1) is 32.3 Å². The van der Waals surface area contributed by atoms with Crippen LogP contribution < -0.4 is 4.74 Å².